The van der Waals surface area contributed by atoms with E-state index in [2.05, 4.69) is 19.2 Å². The van der Waals surface area contributed by atoms with Crippen LogP contribution in [0.25, 0.3) is 0 Å². The molecule has 0 bridgehead atoms. The van der Waals surface area contributed by atoms with Crippen molar-refractivity contribution in [2.45, 2.75) is 51.7 Å². The molecule has 2 rings (SSSR count). The van der Waals surface area contributed by atoms with Gasteiger partial charge in [-0.25, -0.2) is 0 Å². The molecule has 0 radical (unpaired) electrons. The summed E-state index contributed by atoms with van der Waals surface area (Å²) in [6.45, 7) is 7.01. The Morgan fingerprint density at radius 3 is 2.86 bits per heavy atom. The Bertz CT molecular complexity index is 183. The van der Waals surface area contributed by atoms with Gasteiger partial charge in [0.15, 0.2) is 0 Å². The molecule has 0 amide bonds. The summed E-state index contributed by atoms with van der Waals surface area (Å²) in [7, 11) is 0. The second kappa shape index (κ2) is 4.63. The van der Waals surface area contributed by atoms with Crippen molar-refractivity contribution in [3.8, 4) is 0 Å². The van der Waals surface area contributed by atoms with Crippen LogP contribution in [0, 0.1) is 11.8 Å². The molecule has 82 valence electrons. The molecule has 1 saturated carbocycles. The lowest BCUT2D eigenvalue weighted by molar-refractivity contribution is 0.274. The smallest absolute Gasteiger partial charge is 0.0845 e. The van der Waals surface area contributed by atoms with Crippen molar-refractivity contribution in [1.29, 1.82) is 0 Å². The van der Waals surface area contributed by atoms with Gasteiger partial charge in [0.05, 0.1) is 12.2 Å². The van der Waals surface area contributed by atoms with Gasteiger partial charge in [-0.1, -0.05) is 20.3 Å². The summed E-state index contributed by atoms with van der Waals surface area (Å²) >= 11 is 0. The van der Waals surface area contributed by atoms with Crippen LogP contribution >= 0.6 is 0 Å². The molecule has 2 heteroatoms. The van der Waals surface area contributed by atoms with E-state index >= 15 is 0 Å². The molecule has 1 heterocycles. The number of unbranched alkanes of at least 4 members (excludes halogenated alkanes) is 1. The SMILES string of the molecule is CCCCNCC1CC2OC2CC1C. The first-order chi connectivity index (χ1) is 6.81. The molecule has 14 heavy (non-hydrogen) atoms. The first-order valence-electron chi connectivity index (χ1n) is 6.17. The summed E-state index contributed by atoms with van der Waals surface area (Å²) in [6, 6.07) is 0. The lowest BCUT2D eigenvalue weighted by atomic mass is 9.80. The Labute approximate surface area is 87.4 Å². The first-order valence-corrected chi connectivity index (χ1v) is 6.17. The molecule has 2 aliphatic rings. The number of rotatable bonds is 5. The number of nitrogens with one attached hydrogen (secondary N) is 1. The second-order valence-corrected chi connectivity index (χ2v) is 4.98. The van der Waals surface area contributed by atoms with Gasteiger partial charge >= 0.3 is 0 Å². The van der Waals surface area contributed by atoms with Crippen LogP contribution in [0.15, 0.2) is 0 Å². The van der Waals surface area contributed by atoms with Gasteiger partial charge < -0.3 is 10.1 Å². The third-order valence-corrected chi connectivity index (χ3v) is 3.75. The molecule has 2 fully saturated rings. The average Bonchev–Trinajstić information content (AvgIpc) is 2.90. The maximum absolute atomic E-state index is 5.58. The summed E-state index contributed by atoms with van der Waals surface area (Å²) in [5.41, 5.74) is 0. The fourth-order valence-electron chi connectivity index (χ4n) is 2.56. The molecule has 0 spiro atoms. The first kappa shape index (κ1) is 10.4. The molecule has 1 N–H and O–H groups in total. The minimum absolute atomic E-state index is 0.629. The Morgan fingerprint density at radius 2 is 2.07 bits per heavy atom. The molecule has 2 nitrogen and oxygen atoms in total. The molecule has 0 aromatic rings. The number of fused-ring (bicyclic) bond motifs is 1. The van der Waals surface area contributed by atoms with E-state index in [1.54, 1.807) is 0 Å². The zero-order valence-corrected chi connectivity index (χ0v) is 9.46. The zero-order chi connectivity index (χ0) is 9.97. The summed E-state index contributed by atoms with van der Waals surface area (Å²) < 4.78 is 5.58. The highest BCUT2D eigenvalue weighted by molar-refractivity contribution is 4.95. The number of ether oxygens (including phenoxy) is 1. The van der Waals surface area contributed by atoms with E-state index in [-0.39, 0.29) is 0 Å². The van der Waals surface area contributed by atoms with Crippen LogP contribution in [0.2, 0.25) is 0 Å². The van der Waals surface area contributed by atoms with E-state index in [1.807, 2.05) is 0 Å². The van der Waals surface area contributed by atoms with Crippen molar-refractivity contribution < 1.29 is 4.74 Å². The van der Waals surface area contributed by atoms with E-state index in [9.17, 15) is 0 Å². The third kappa shape index (κ3) is 2.48. The quantitative estimate of drug-likeness (QED) is 0.540. The third-order valence-electron chi connectivity index (χ3n) is 3.75. The highest BCUT2D eigenvalue weighted by Crippen LogP contribution is 2.42. The molecule has 1 aliphatic heterocycles. The van der Waals surface area contributed by atoms with Gasteiger partial charge in [-0.05, 0) is 44.2 Å². The van der Waals surface area contributed by atoms with Crippen molar-refractivity contribution in [2.24, 2.45) is 11.8 Å². The zero-order valence-electron chi connectivity index (χ0n) is 9.46. The van der Waals surface area contributed by atoms with Gasteiger partial charge in [-0.3, -0.25) is 0 Å². The van der Waals surface area contributed by atoms with Gasteiger partial charge in [-0.2, -0.15) is 0 Å². The van der Waals surface area contributed by atoms with Crippen LogP contribution in [0.5, 0.6) is 0 Å². The number of hydrogen-bond acceptors (Lipinski definition) is 2. The predicted octanol–water partition coefficient (Wildman–Crippen LogP) is 2.19. The topological polar surface area (TPSA) is 24.6 Å². The largest absolute Gasteiger partial charge is 0.370 e. The summed E-state index contributed by atoms with van der Waals surface area (Å²) in [5.74, 6) is 1.71. The average molecular weight is 197 g/mol. The lowest BCUT2D eigenvalue weighted by Crippen LogP contribution is -2.32. The van der Waals surface area contributed by atoms with Gasteiger partial charge in [0.25, 0.3) is 0 Å². The molecule has 4 atom stereocenters. The second-order valence-electron chi connectivity index (χ2n) is 4.98. The van der Waals surface area contributed by atoms with Gasteiger partial charge in [0.1, 0.15) is 0 Å². The van der Waals surface area contributed by atoms with E-state index < -0.39 is 0 Å². The van der Waals surface area contributed by atoms with Crippen molar-refractivity contribution in [2.75, 3.05) is 13.1 Å². The summed E-state index contributed by atoms with van der Waals surface area (Å²) in [6.07, 6.45) is 6.46. The van der Waals surface area contributed by atoms with Gasteiger partial charge in [-0.15, -0.1) is 0 Å². The fraction of sp³-hybridized carbons (Fsp3) is 1.00. The van der Waals surface area contributed by atoms with Crippen LogP contribution in [-0.4, -0.2) is 25.3 Å². The Balaban J connectivity index is 1.63. The molecular weight excluding hydrogens is 174 g/mol. The van der Waals surface area contributed by atoms with E-state index in [0.29, 0.717) is 12.2 Å². The molecule has 1 saturated heterocycles. The fourth-order valence-corrected chi connectivity index (χ4v) is 2.56. The van der Waals surface area contributed by atoms with E-state index in [1.165, 1.54) is 38.8 Å². The molecule has 0 aromatic heterocycles. The van der Waals surface area contributed by atoms with Crippen LogP contribution < -0.4 is 5.32 Å². The highest BCUT2D eigenvalue weighted by Gasteiger charge is 2.46. The Hall–Kier alpha value is -0.0800. The van der Waals surface area contributed by atoms with Crippen LogP contribution in [-0.2, 0) is 4.74 Å². The molecule has 1 aliphatic carbocycles. The minimum Gasteiger partial charge on any atom is -0.370 e. The maximum Gasteiger partial charge on any atom is 0.0845 e. The lowest BCUT2D eigenvalue weighted by Gasteiger charge is -2.26. The van der Waals surface area contributed by atoms with Crippen LogP contribution in [0.1, 0.15) is 39.5 Å². The summed E-state index contributed by atoms with van der Waals surface area (Å²) in [4.78, 5) is 0. The normalized spacial score (nSPS) is 40.7. The van der Waals surface area contributed by atoms with E-state index in [4.69, 9.17) is 4.74 Å². The van der Waals surface area contributed by atoms with Crippen LogP contribution in [0.3, 0.4) is 0 Å². The monoisotopic (exact) mass is 197 g/mol. The number of hydrogen-bond donors (Lipinski definition) is 1. The Morgan fingerprint density at radius 1 is 1.29 bits per heavy atom. The Kier molecular flexibility index (Phi) is 3.45. The van der Waals surface area contributed by atoms with Crippen molar-refractivity contribution >= 4 is 0 Å². The predicted molar refractivity (Wildman–Crippen MR) is 58.3 cm³/mol. The standard InChI is InChI=1S/C12H23NO/c1-3-4-5-13-8-10-7-12-11(14-12)6-9(10)2/h9-13H,3-8H2,1-2H3. The minimum atomic E-state index is 0.629. The number of epoxide rings is 1. The molecule has 4 unspecified atom stereocenters. The summed E-state index contributed by atoms with van der Waals surface area (Å²) in [5, 5.41) is 3.57. The van der Waals surface area contributed by atoms with Crippen molar-refractivity contribution in [1.82, 2.24) is 5.32 Å². The van der Waals surface area contributed by atoms with Gasteiger partial charge in [0.2, 0.25) is 0 Å². The molecule has 0 aromatic carbocycles. The van der Waals surface area contributed by atoms with Crippen LogP contribution in [0.4, 0.5) is 0 Å². The molecular formula is C12H23NO. The highest BCUT2D eigenvalue weighted by atomic mass is 16.6. The van der Waals surface area contributed by atoms with Gasteiger partial charge in [0, 0.05) is 0 Å². The van der Waals surface area contributed by atoms with Crippen molar-refractivity contribution in [3.63, 3.8) is 0 Å². The van der Waals surface area contributed by atoms with E-state index in [0.717, 1.165) is 11.8 Å². The van der Waals surface area contributed by atoms with Crippen molar-refractivity contribution in [3.05, 3.63) is 0 Å². The maximum atomic E-state index is 5.58.